The van der Waals surface area contributed by atoms with Gasteiger partial charge >= 0.3 is 12.0 Å². The number of urea groups is 1. The van der Waals surface area contributed by atoms with Crippen molar-refractivity contribution in [2.24, 2.45) is 5.41 Å². The molecule has 2 amide bonds. The van der Waals surface area contributed by atoms with Crippen molar-refractivity contribution < 1.29 is 14.7 Å². The molecule has 1 rings (SSSR count). The van der Waals surface area contributed by atoms with Gasteiger partial charge in [-0.1, -0.05) is 6.92 Å². The van der Waals surface area contributed by atoms with Gasteiger partial charge in [0.25, 0.3) is 0 Å². The average Bonchev–Trinajstić information content (AvgIpc) is 2.69. The van der Waals surface area contributed by atoms with Crippen LogP contribution in [0.15, 0.2) is 0 Å². The highest BCUT2D eigenvalue weighted by Gasteiger charge is 2.42. The lowest BCUT2D eigenvalue weighted by Crippen LogP contribution is -2.43. The fourth-order valence-electron chi connectivity index (χ4n) is 2.16. The first-order valence-electron chi connectivity index (χ1n) is 6.22. The topological polar surface area (TPSA) is 60.9 Å². The van der Waals surface area contributed by atoms with Crippen LogP contribution in [0.25, 0.3) is 0 Å². The Morgan fingerprint density at radius 2 is 2.06 bits per heavy atom. The van der Waals surface area contributed by atoms with Crippen LogP contribution in [-0.2, 0) is 4.79 Å². The Morgan fingerprint density at radius 1 is 1.41 bits per heavy atom. The first-order chi connectivity index (χ1) is 7.94. The number of carbonyl (C=O) groups excluding carboxylic acids is 1. The Hall–Kier alpha value is -1.26. The molecule has 5 nitrogen and oxygen atoms in total. The Morgan fingerprint density at radius 3 is 2.47 bits per heavy atom. The molecule has 0 radical (unpaired) electrons. The van der Waals surface area contributed by atoms with Gasteiger partial charge in [-0.25, -0.2) is 4.79 Å². The molecule has 1 unspecified atom stereocenters. The molecule has 1 heterocycles. The summed E-state index contributed by atoms with van der Waals surface area (Å²) in [6.07, 6.45) is 1.46. The van der Waals surface area contributed by atoms with E-state index in [4.69, 9.17) is 5.11 Å². The summed E-state index contributed by atoms with van der Waals surface area (Å²) in [6.45, 7) is 7.95. The summed E-state index contributed by atoms with van der Waals surface area (Å²) < 4.78 is 0. The minimum Gasteiger partial charge on any atom is -0.481 e. The van der Waals surface area contributed by atoms with Gasteiger partial charge in [-0.3, -0.25) is 4.79 Å². The van der Waals surface area contributed by atoms with Gasteiger partial charge in [0.15, 0.2) is 0 Å². The van der Waals surface area contributed by atoms with Gasteiger partial charge in [0.2, 0.25) is 0 Å². The van der Waals surface area contributed by atoms with E-state index in [0.717, 1.165) is 13.0 Å². The molecule has 1 saturated heterocycles. The number of rotatable bonds is 4. The second kappa shape index (κ2) is 5.38. The van der Waals surface area contributed by atoms with Crippen molar-refractivity contribution in [1.29, 1.82) is 0 Å². The van der Waals surface area contributed by atoms with Crippen LogP contribution in [0.4, 0.5) is 4.79 Å². The second-order valence-electron chi connectivity index (χ2n) is 4.90. The maximum absolute atomic E-state index is 12.1. The average molecular weight is 242 g/mol. The molecule has 0 bridgehead atoms. The van der Waals surface area contributed by atoms with Crippen LogP contribution < -0.4 is 0 Å². The van der Waals surface area contributed by atoms with Crippen molar-refractivity contribution in [1.82, 2.24) is 9.80 Å². The molecule has 1 atom stereocenters. The minimum absolute atomic E-state index is 0.0284. The van der Waals surface area contributed by atoms with Crippen LogP contribution in [0.3, 0.4) is 0 Å². The molecule has 0 saturated carbocycles. The monoisotopic (exact) mass is 242 g/mol. The highest BCUT2D eigenvalue weighted by Crippen LogP contribution is 2.30. The number of carboxylic acid groups (broad SMARTS) is 1. The molecule has 1 N–H and O–H groups in total. The molecule has 98 valence electrons. The van der Waals surface area contributed by atoms with Crippen LogP contribution >= 0.6 is 0 Å². The van der Waals surface area contributed by atoms with E-state index in [1.807, 2.05) is 13.8 Å². The van der Waals surface area contributed by atoms with Gasteiger partial charge in [0.1, 0.15) is 0 Å². The molecule has 5 heteroatoms. The Bertz CT molecular complexity index is 306. The Balaban J connectivity index is 2.64. The number of carboxylic acids is 1. The molecular weight excluding hydrogens is 220 g/mol. The van der Waals surface area contributed by atoms with E-state index in [-0.39, 0.29) is 6.03 Å². The lowest BCUT2D eigenvalue weighted by molar-refractivity contribution is -0.147. The van der Waals surface area contributed by atoms with E-state index in [1.54, 1.807) is 16.7 Å². The molecule has 0 aromatic carbocycles. The van der Waals surface area contributed by atoms with Gasteiger partial charge in [-0.15, -0.1) is 0 Å². The first-order valence-corrected chi connectivity index (χ1v) is 6.22. The van der Waals surface area contributed by atoms with E-state index in [0.29, 0.717) is 26.1 Å². The van der Waals surface area contributed by atoms with E-state index in [9.17, 15) is 9.59 Å². The number of likely N-dealkylation sites (tertiary alicyclic amines) is 1. The van der Waals surface area contributed by atoms with Crippen LogP contribution in [0, 0.1) is 5.41 Å². The number of hydrogen-bond donors (Lipinski definition) is 1. The van der Waals surface area contributed by atoms with Crippen molar-refractivity contribution in [3.63, 3.8) is 0 Å². The lowest BCUT2D eigenvalue weighted by atomic mass is 9.90. The number of amides is 2. The highest BCUT2D eigenvalue weighted by atomic mass is 16.4. The summed E-state index contributed by atoms with van der Waals surface area (Å²) in [6, 6.07) is -0.0284. The van der Waals surface area contributed by atoms with Gasteiger partial charge in [-0.05, 0) is 26.7 Å². The highest BCUT2D eigenvalue weighted by molar-refractivity contribution is 5.79. The van der Waals surface area contributed by atoms with Crippen LogP contribution in [0.1, 0.15) is 33.6 Å². The van der Waals surface area contributed by atoms with E-state index < -0.39 is 11.4 Å². The SMILES string of the molecule is CCCN(CC)C(=O)N1CCC(C)(C(=O)O)C1. The number of aliphatic carboxylic acids is 1. The largest absolute Gasteiger partial charge is 0.481 e. The number of hydrogen-bond acceptors (Lipinski definition) is 2. The van der Waals surface area contributed by atoms with E-state index in [2.05, 4.69) is 0 Å². The number of carbonyl (C=O) groups is 2. The third-order valence-corrected chi connectivity index (χ3v) is 3.41. The van der Waals surface area contributed by atoms with Crippen molar-refractivity contribution in [2.75, 3.05) is 26.2 Å². The van der Waals surface area contributed by atoms with Gasteiger partial charge in [0.05, 0.1) is 5.41 Å². The maximum Gasteiger partial charge on any atom is 0.320 e. The number of nitrogens with zero attached hydrogens (tertiary/aromatic N) is 2. The summed E-state index contributed by atoms with van der Waals surface area (Å²) in [5.41, 5.74) is -0.777. The second-order valence-corrected chi connectivity index (χ2v) is 4.90. The third kappa shape index (κ3) is 2.90. The smallest absolute Gasteiger partial charge is 0.320 e. The van der Waals surface area contributed by atoms with E-state index in [1.165, 1.54) is 0 Å². The Labute approximate surface area is 102 Å². The fraction of sp³-hybridized carbons (Fsp3) is 0.833. The predicted molar refractivity (Wildman–Crippen MR) is 64.9 cm³/mol. The molecule has 0 aromatic heterocycles. The molecule has 0 spiro atoms. The van der Waals surface area contributed by atoms with Crippen molar-refractivity contribution >= 4 is 12.0 Å². The predicted octanol–water partition coefficient (Wildman–Crippen LogP) is 1.63. The molecular formula is C12H22N2O3. The van der Waals surface area contributed by atoms with Crippen molar-refractivity contribution in [3.05, 3.63) is 0 Å². The van der Waals surface area contributed by atoms with Crippen molar-refractivity contribution in [2.45, 2.75) is 33.6 Å². The summed E-state index contributed by atoms with van der Waals surface area (Å²) in [5.74, 6) is -0.814. The van der Waals surface area contributed by atoms with Crippen LogP contribution in [-0.4, -0.2) is 53.1 Å². The summed E-state index contributed by atoms with van der Waals surface area (Å²) in [4.78, 5) is 26.7. The fourth-order valence-corrected chi connectivity index (χ4v) is 2.16. The standard InChI is InChI=1S/C12H22N2O3/c1-4-7-13(5-2)11(17)14-8-6-12(3,9-14)10(15)16/h4-9H2,1-3H3,(H,15,16). The van der Waals surface area contributed by atoms with Crippen LogP contribution in [0.2, 0.25) is 0 Å². The summed E-state index contributed by atoms with van der Waals surface area (Å²) >= 11 is 0. The van der Waals surface area contributed by atoms with Crippen molar-refractivity contribution in [3.8, 4) is 0 Å². The van der Waals surface area contributed by atoms with Gasteiger partial charge < -0.3 is 14.9 Å². The zero-order valence-electron chi connectivity index (χ0n) is 10.9. The van der Waals surface area contributed by atoms with Gasteiger partial charge in [0, 0.05) is 26.2 Å². The Kier molecular flexibility index (Phi) is 4.37. The zero-order valence-corrected chi connectivity index (χ0v) is 10.9. The minimum atomic E-state index is -0.814. The molecule has 0 aromatic rings. The molecule has 0 aliphatic carbocycles. The quantitative estimate of drug-likeness (QED) is 0.815. The lowest BCUT2D eigenvalue weighted by Gasteiger charge is -2.27. The zero-order chi connectivity index (χ0) is 13.1. The summed E-state index contributed by atoms with van der Waals surface area (Å²) in [5, 5.41) is 9.12. The summed E-state index contributed by atoms with van der Waals surface area (Å²) in [7, 11) is 0. The molecule has 17 heavy (non-hydrogen) atoms. The molecule has 1 aliphatic heterocycles. The normalized spacial score (nSPS) is 23.8. The maximum atomic E-state index is 12.1. The molecule has 1 aliphatic rings. The third-order valence-electron chi connectivity index (χ3n) is 3.41. The first kappa shape index (κ1) is 13.8. The van der Waals surface area contributed by atoms with Crippen LogP contribution in [0.5, 0.6) is 0 Å². The molecule has 1 fully saturated rings. The van der Waals surface area contributed by atoms with Gasteiger partial charge in [-0.2, -0.15) is 0 Å². The van der Waals surface area contributed by atoms with E-state index >= 15 is 0 Å².